The first kappa shape index (κ1) is 25.5. The van der Waals surface area contributed by atoms with Crippen molar-refractivity contribution in [3.05, 3.63) is 65.2 Å². The number of hydrogen-bond acceptors (Lipinski definition) is 4. The number of likely N-dealkylation sites (tertiary alicyclic amines) is 1. The number of halogens is 1. The lowest BCUT2D eigenvalue weighted by Crippen LogP contribution is -2.52. The molecule has 0 aromatic heterocycles. The number of piperidine rings is 1. The van der Waals surface area contributed by atoms with Crippen molar-refractivity contribution in [1.82, 2.24) is 9.80 Å². The summed E-state index contributed by atoms with van der Waals surface area (Å²) >= 11 is 6.03. The van der Waals surface area contributed by atoms with Crippen LogP contribution >= 0.6 is 11.6 Å². The Balaban J connectivity index is 1.53. The molecule has 2 saturated heterocycles. The highest BCUT2D eigenvalue weighted by atomic mass is 35.5. The van der Waals surface area contributed by atoms with Gasteiger partial charge in [0.15, 0.2) is 0 Å². The molecule has 7 heteroatoms. The Hall–Kier alpha value is -2.57. The molecule has 0 spiro atoms. The third-order valence-corrected chi connectivity index (χ3v) is 7.38. The molecule has 2 heterocycles. The van der Waals surface area contributed by atoms with Crippen LogP contribution in [0, 0.1) is 5.41 Å². The lowest BCUT2D eigenvalue weighted by Gasteiger charge is -2.44. The van der Waals surface area contributed by atoms with Crippen LogP contribution in [-0.4, -0.2) is 67.6 Å². The van der Waals surface area contributed by atoms with Crippen molar-refractivity contribution in [3.63, 3.8) is 0 Å². The second-order valence-corrected chi connectivity index (χ2v) is 10.1. The topological polar surface area (TPSA) is 59.1 Å². The molecule has 2 fully saturated rings. The fraction of sp³-hybridized carbons (Fsp3) is 0.500. The van der Waals surface area contributed by atoms with Gasteiger partial charge >= 0.3 is 0 Å². The summed E-state index contributed by atoms with van der Waals surface area (Å²) in [4.78, 5) is 30.8. The molecule has 35 heavy (non-hydrogen) atoms. The summed E-state index contributed by atoms with van der Waals surface area (Å²) in [6, 6.07) is 17.2. The highest BCUT2D eigenvalue weighted by Crippen LogP contribution is 2.37. The number of benzene rings is 2. The summed E-state index contributed by atoms with van der Waals surface area (Å²) in [5, 5.41) is 0.649. The average molecular weight is 499 g/mol. The Morgan fingerprint density at radius 2 is 1.74 bits per heavy atom. The summed E-state index contributed by atoms with van der Waals surface area (Å²) in [6.07, 6.45) is 2.77. The minimum absolute atomic E-state index is 0.109. The average Bonchev–Trinajstić information content (AvgIpc) is 2.90. The minimum Gasteiger partial charge on any atom is -0.493 e. The van der Waals surface area contributed by atoms with Crippen LogP contribution in [0.4, 0.5) is 0 Å². The van der Waals surface area contributed by atoms with E-state index in [2.05, 4.69) is 6.92 Å². The quantitative estimate of drug-likeness (QED) is 0.526. The first-order chi connectivity index (χ1) is 17.0. The lowest BCUT2D eigenvalue weighted by molar-refractivity contribution is -0.144. The van der Waals surface area contributed by atoms with Crippen LogP contribution in [0.15, 0.2) is 54.6 Å². The first-order valence-corrected chi connectivity index (χ1v) is 12.9. The first-order valence-electron chi connectivity index (χ1n) is 12.6. The summed E-state index contributed by atoms with van der Waals surface area (Å²) in [7, 11) is 0. The van der Waals surface area contributed by atoms with E-state index in [-0.39, 0.29) is 17.7 Å². The zero-order chi connectivity index (χ0) is 24.7. The van der Waals surface area contributed by atoms with Crippen molar-refractivity contribution in [1.29, 1.82) is 0 Å². The van der Waals surface area contributed by atoms with Gasteiger partial charge in [0.05, 0.1) is 25.7 Å². The van der Waals surface area contributed by atoms with Gasteiger partial charge in [0, 0.05) is 43.0 Å². The molecule has 2 aromatic carbocycles. The molecule has 188 valence electrons. The van der Waals surface area contributed by atoms with Gasteiger partial charge in [0.2, 0.25) is 11.8 Å². The minimum atomic E-state index is -0.447. The van der Waals surface area contributed by atoms with Gasteiger partial charge in [-0.3, -0.25) is 9.59 Å². The summed E-state index contributed by atoms with van der Waals surface area (Å²) in [5.74, 6) is 0.774. The van der Waals surface area contributed by atoms with Crippen LogP contribution in [-0.2, 0) is 14.3 Å². The van der Waals surface area contributed by atoms with Crippen LogP contribution in [0.2, 0.25) is 5.02 Å². The fourth-order valence-electron chi connectivity index (χ4n) is 5.18. The molecular weight excluding hydrogens is 464 g/mol. The molecule has 0 radical (unpaired) electrons. The number of rotatable bonds is 8. The molecule has 4 rings (SSSR count). The largest absolute Gasteiger partial charge is 0.493 e. The van der Waals surface area contributed by atoms with E-state index in [1.165, 1.54) is 0 Å². The Kier molecular flexibility index (Phi) is 8.69. The number of nitrogens with zero attached hydrogens (tertiary/aromatic N) is 2. The molecule has 2 atom stereocenters. The van der Waals surface area contributed by atoms with Crippen LogP contribution in [0.1, 0.15) is 44.1 Å². The van der Waals surface area contributed by atoms with E-state index in [9.17, 15) is 9.59 Å². The molecule has 2 aliphatic heterocycles. The van der Waals surface area contributed by atoms with Crippen molar-refractivity contribution in [2.75, 3.05) is 46.0 Å². The Labute approximate surface area is 213 Å². The van der Waals surface area contributed by atoms with Gasteiger partial charge in [-0.2, -0.15) is 0 Å². The van der Waals surface area contributed by atoms with Gasteiger partial charge in [-0.25, -0.2) is 0 Å². The Bertz CT molecular complexity index is 978. The number of amides is 2. The predicted octanol–water partition coefficient (Wildman–Crippen LogP) is 4.77. The van der Waals surface area contributed by atoms with Crippen LogP contribution in [0.5, 0.6) is 5.75 Å². The third-order valence-electron chi connectivity index (χ3n) is 7.13. The van der Waals surface area contributed by atoms with Crippen LogP contribution in [0.3, 0.4) is 0 Å². The summed E-state index contributed by atoms with van der Waals surface area (Å²) < 4.78 is 11.6. The van der Waals surface area contributed by atoms with Gasteiger partial charge in [-0.05, 0) is 49.1 Å². The Morgan fingerprint density at radius 1 is 1.03 bits per heavy atom. The van der Waals surface area contributed by atoms with E-state index < -0.39 is 5.41 Å². The van der Waals surface area contributed by atoms with Gasteiger partial charge in [-0.1, -0.05) is 48.9 Å². The zero-order valence-electron chi connectivity index (χ0n) is 20.5. The van der Waals surface area contributed by atoms with Crippen molar-refractivity contribution in [2.45, 2.75) is 38.5 Å². The van der Waals surface area contributed by atoms with E-state index in [1.807, 2.05) is 52.3 Å². The smallest absolute Gasteiger partial charge is 0.230 e. The van der Waals surface area contributed by atoms with Crippen molar-refractivity contribution < 1.29 is 19.1 Å². The molecule has 0 saturated carbocycles. The molecule has 2 aliphatic rings. The van der Waals surface area contributed by atoms with Gasteiger partial charge in [0.25, 0.3) is 0 Å². The summed E-state index contributed by atoms with van der Waals surface area (Å²) in [6.45, 7) is 6.01. The van der Waals surface area contributed by atoms with E-state index in [1.54, 1.807) is 12.1 Å². The number of ether oxygens (including phenoxy) is 2. The lowest BCUT2D eigenvalue weighted by atomic mass is 9.76. The number of carbonyl (C=O) groups excluding carboxylic acids is 2. The zero-order valence-corrected chi connectivity index (χ0v) is 21.2. The second kappa shape index (κ2) is 11.9. The molecule has 0 unspecified atom stereocenters. The van der Waals surface area contributed by atoms with E-state index in [4.69, 9.17) is 21.1 Å². The van der Waals surface area contributed by atoms with Crippen molar-refractivity contribution >= 4 is 23.4 Å². The number of hydrogen-bond donors (Lipinski definition) is 0. The fourth-order valence-corrected chi connectivity index (χ4v) is 5.31. The molecule has 2 aromatic rings. The highest BCUT2D eigenvalue weighted by Gasteiger charge is 2.42. The molecule has 0 N–H and O–H groups in total. The molecule has 0 aliphatic carbocycles. The standard InChI is InChI=1S/C28H35ClN2O4/c1-2-25(22-7-4-3-5-8-22)27(33)31-14-6-13-28(20-31,19-26(32)30-15-17-34-18-16-30)21-35-24-11-9-23(29)10-12-24/h3-5,7-12,25H,2,6,13-21H2,1H3/t25-,28+/m0/s1. The van der Waals surface area contributed by atoms with Gasteiger partial charge < -0.3 is 19.3 Å². The van der Waals surface area contributed by atoms with Crippen molar-refractivity contribution in [3.8, 4) is 5.75 Å². The normalized spacial score (nSPS) is 21.4. The monoisotopic (exact) mass is 498 g/mol. The SMILES string of the molecule is CC[C@H](C(=O)N1CCC[C@@](COc2ccc(Cl)cc2)(CC(=O)N2CCOCC2)C1)c1ccccc1. The van der Waals surface area contributed by atoms with E-state index in [0.717, 1.165) is 24.8 Å². The van der Waals surface area contributed by atoms with Gasteiger partial charge in [0.1, 0.15) is 5.75 Å². The summed E-state index contributed by atoms with van der Waals surface area (Å²) in [5.41, 5.74) is 0.593. The maximum absolute atomic E-state index is 13.7. The van der Waals surface area contributed by atoms with E-state index in [0.29, 0.717) is 63.2 Å². The van der Waals surface area contributed by atoms with E-state index >= 15 is 0 Å². The third kappa shape index (κ3) is 6.56. The molecule has 0 bridgehead atoms. The molecular formula is C28H35ClN2O4. The van der Waals surface area contributed by atoms with Crippen LogP contribution < -0.4 is 4.74 Å². The predicted molar refractivity (Wildman–Crippen MR) is 137 cm³/mol. The molecule has 2 amide bonds. The van der Waals surface area contributed by atoms with Crippen LogP contribution in [0.25, 0.3) is 0 Å². The number of morpholine rings is 1. The number of carbonyl (C=O) groups is 2. The second-order valence-electron chi connectivity index (χ2n) is 9.65. The van der Waals surface area contributed by atoms with Crippen molar-refractivity contribution in [2.24, 2.45) is 5.41 Å². The van der Waals surface area contributed by atoms with Gasteiger partial charge in [-0.15, -0.1) is 0 Å². The highest BCUT2D eigenvalue weighted by molar-refractivity contribution is 6.30. The maximum atomic E-state index is 13.7. The Morgan fingerprint density at radius 3 is 2.43 bits per heavy atom. The maximum Gasteiger partial charge on any atom is 0.230 e. The molecule has 6 nitrogen and oxygen atoms in total.